The van der Waals surface area contributed by atoms with Crippen molar-refractivity contribution in [3.8, 4) is 0 Å². The number of nitrogens with one attached hydrogen (secondary N) is 1. The number of aryl methyl sites for hydroxylation is 1. The molecule has 6 nitrogen and oxygen atoms in total. The summed E-state index contributed by atoms with van der Waals surface area (Å²) < 4.78 is 7.57. The zero-order chi connectivity index (χ0) is 22.7. The van der Waals surface area contributed by atoms with E-state index in [9.17, 15) is 4.79 Å². The van der Waals surface area contributed by atoms with E-state index in [0.717, 1.165) is 38.8 Å². The molecule has 1 N–H and O–H groups in total. The zero-order valence-electron chi connectivity index (χ0n) is 20.0. The Bertz CT molecular complexity index is 943. The zero-order valence-corrected chi connectivity index (χ0v) is 20.0. The number of ether oxygens (including phenoxy) is 1. The minimum Gasteiger partial charge on any atom is -0.378 e. The Hall–Kier alpha value is -2.18. The molecule has 33 heavy (non-hydrogen) atoms. The molecule has 5 rings (SSSR count). The van der Waals surface area contributed by atoms with Crippen molar-refractivity contribution in [2.24, 2.45) is 0 Å². The molecule has 178 valence electrons. The van der Waals surface area contributed by atoms with Crippen LogP contribution in [0.5, 0.6) is 0 Å². The number of benzene rings is 1. The molecule has 2 aliphatic carbocycles. The number of hydrogen-bond acceptors (Lipinski definition) is 4. The van der Waals surface area contributed by atoms with Crippen LogP contribution in [-0.4, -0.2) is 59.5 Å². The summed E-state index contributed by atoms with van der Waals surface area (Å²) in [5, 5.41) is 8.80. The van der Waals surface area contributed by atoms with Gasteiger partial charge in [-0.25, -0.2) is 0 Å². The molecule has 1 atom stereocenters. The van der Waals surface area contributed by atoms with Crippen LogP contribution in [0.15, 0.2) is 30.3 Å². The first kappa shape index (κ1) is 22.6. The van der Waals surface area contributed by atoms with Gasteiger partial charge in [0.05, 0.1) is 13.2 Å². The first-order valence-electron chi connectivity index (χ1n) is 12.9. The van der Waals surface area contributed by atoms with E-state index in [2.05, 4.69) is 47.3 Å². The summed E-state index contributed by atoms with van der Waals surface area (Å²) in [5.74, 6) is 0.0848. The molecule has 1 saturated heterocycles. The lowest BCUT2D eigenvalue weighted by Gasteiger charge is -2.34. The van der Waals surface area contributed by atoms with Crippen LogP contribution >= 0.6 is 0 Å². The van der Waals surface area contributed by atoms with Gasteiger partial charge in [-0.2, -0.15) is 5.10 Å². The van der Waals surface area contributed by atoms with Gasteiger partial charge in [-0.3, -0.25) is 9.48 Å². The van der Waals surface area contributed by atoms with E-state index in [1.165, 1.54) is 42.5 Å². The van der Waals surface area contributed by atoms with Gasteiger partial charge in [-0.05, 0) is 44.1 Å². The van der Waals surface area contributed by atoms with Gasteiger partial charge in [0, 0.05) is 48.9 Å². The summed E-state index contributed by atoms with van der Waals surface area (Å²) in [6, 6.07) is 11.5. The number of carbonyl (C=O) groups is 1. The third-order valence-electron chi connectivity index (χ3n) is 7.96. The standard InChI is InChI=1S/C27H38N4O2/c1-2-14-31-24-11-10-22(19-23(24)25(29-31)26(32)30-15-17-33-18-16-30)28-20-27(12-6-7-13-27)21-8-4-3-5-9-21/h3-5,8-9,22,28H,2,6-7,10-20H2,1H3/t22-/m1/s1. The quantitative estimate of drug-likeness (QED) is 0.698. The van der Waals surface area contributed by atoms with E-state index in [1.807, 2.05) is 4.90 Å². The van der Waals surface area contributed by atoms with Crippen molar-refractivity contribution < 1.29 is 9.53 Å². The first-order chi connectivity index (χ1) is 16.2. The SMILES string of the molecule is CCCn1nc(C(=O)N2CCOCC2)c2c1CC[C@@H](NCC1(c3ccccc3)CCCC1)C2. The number of nitrogens with zero attached hydrogens (tertiary/aromatic N) is 3. The average molecular weight is 451 g/mol. The van der Waals surface area contributed by atoms with Gasteiger partial charge >= 0.3 is 0 Å². The third kappa shape index (κ3) is 4.60. The lowest BCUT2D eigenvalue weighted by Crippen LogP contribution is -2.44. The number of carbonyl (C=O) groups excluding carboxylic acids is 1. The van der Waals surface area contributed by atoms with Crippen molar-refractivity contribution >= 4 is 5.91 Å². The van der Waals surface area contributed by atoms with E-state index < -0.39 is 0 Å². The maximum atomic E-state index is 13.4. The van der Waals surface area contributed by atoms with Crippen LogP contribution in [-0.2, 0) is 29.5 Å². The van der Waals surface area contributed by atoms with Crippen LogP contribution in [0, 0.1) is 0 Å². The highest BCUT2D eigenvalue weighted by Crippen LogP contribution is 2.41. The smallest absolute Gasteiger partial charge is 0.274 e. The fourth-order valence-electron chi connectivity index (χ4n) is 6.10. The second-order valence-electron chi connectivity index (χ2n) is 10.1. The lowest BCUT2D eigenvalue weighted by molar-refractivity contribution is 0.0297. The summed E-state index contributed by atoms with van der Waals surface area (Å²) >= 11 is 0. The summed E-state index contributed by atoms with van der Waals surface area (Å²) in [6.07, 6.45) is 9.18. The summed E-state index contributed by atoms with van der Waals surface area (Å²) in [5.41, 5.74) is 4.88. The minimum absolute atomic E-state index is 0.0848. The fraction of sp³-hybridized carbons (Fsp3) is 0.630. The normalized spacial score (nSPS) is 22.3. The Morgan fingerprint density at radius 1 is 1.18 bits per heavy atom. The van der Waals surface area contributed by atoms with E-state index in [-0.39, 0.29) is 11.3 Å². The average Bonchev–Trinajstić information content (AvgIpc) is 3.49. The Morgan fingerprint density at radius 3 is 2.67 bits per heavy atom. The van der Waals surface area contributed by atoms with Crippen molar-refractivity contribution in [2.75, 3.05) is 32.8 Å². The number of hydrogen-bond donors (Lipinski definition) is 1. The number of fused-ring (bicyclic) bond motifs is 1. The number of rotatable bonds is 7. The molecule has 3 aliphatic rings. The molecular formula is C27H38N4O2. The maximum Gasteiger partial charge on any atom is 0.274 e. The van der Waals surface area contributed by atoms with E-state index in [0.29, 0.717) is 38.0 Å². The lowest BCUT2D eigenvalue weighted by atomic mass is 9.78. The second-order valence-corrected chi connectivity index (χ2v) is 10.1. The van der Waals surface area contributed by atoms with Crippen molar-refractivity contribution in [3.63, 3.8) is 0 Å². The molecule has 0 bridgehead atoms. The van der Waals surface area contributed by atoms with Gasteiger partial charge in [-0.15, -0.1) is 0 Å². The molecule has 0 unspecified atom stereocenters. The predicted octanol–water partition coefficient (Wildman–Crippen LogP) is 3.72. The van der Waals surface area contributed by atoms with Crippen molar-refractivity contribution in [1.29, 1.82) is 0 Å². The van der Waals surface area contributed by atoms with Crippen molar-refractivity contribution in [1.82, 2.24) is 20.0 Å². The summed E-state index contributed by atoms with van der Waals surface area (Å²) in [4.78, 5) is 15.3. The van der Waals surface area contributed by atoms with Gasteiger partial charge in [0.2, 0.25) is 0 Å². The monoisotopic (exact) mass is 450 g/mol. The highest BCUT2D eigenvalue weighted by molar-refractivity contribution is 5.94. The van der Waals surface area contributed by atoms with Crippen LogP contribution in [0.25, 0.3) is 0 Å². The van der Waals surface area contributed by atoms with Crippen LogP contribution < -0.4 is 5.32 Å². The van der Waals surface area contributed by atoms with E-state index in [4.69, 9.17) is 9.84 Å². The highest BCUT2D eigenvalue weighted by Gasteiger charge is 2.37. The molecule has 0 spiro atoms. The van der Waals surface area contributed by atoms with Gasteiger partial charge in [-0.1, -0.05) is 50.1 Å². The molecule has 2 fully saturated rings. The largest absolute Gasteiger partial charge is 0.378 e. The Morgan fingerprint density at radius 2 is 1.94 bits per heavy atom. The second kappa shape index (κ2) is 9.98. The van der Waals surface area contributed by atoms with Crippen LogP contribution in [0.1, 0.15) is 72.8 Å². The maximum absolute atomic E-state index is 13.4. The number of amides is 1. The molecule has 2 aromatic rings. The first-order valence-corrected chi connectivity index (χ1v) is 12.9. The minimum atomic E-state index is 0.0848. The molecular weight excluding hydrogens is 412 g/mol. The molecule has 1 saturated carbocycles. The molecule has 6 heteroatoms. The Kier molecular flexibility index (Phi) is 6.84. The van der Waals surface area contributed by atoms with Gasteiger partial charge in [0.25, 0.3) is 5.91 Å². The molecule has 2 heterocycles. The van der Waals surface area contributed by atoms with Crippen molar-refractivity contribution in [3.05, 3.63) is 52.8 Å². The molecule has 1 aliphatic heterocycles. The summed E-state index contributed by atoms with van der Waals surface area (Å²) in [6.45, 7) is 6.64. The summed E-state index contributed by atoms with van der Waals surface area (Å²) in [7, 11) is 0. The van der Waals surface area contributed by atoms with Crippen LogP contribution in [0.2, 0.25) is 0 Å². The van der Waals surface area contributed by atoms with Crippen LogP contribution in [0.4, 0.5) is 0 Å². The molecule has 0 radical (unpaired) electrons. The molecule has 1 amide bonds. The Balaban J connectivity index is 1.33. The van der Waals surface area contributed by atoms with Gasteiger partial charge < -0.3 is 15.0 Å². The van der Waals surface area contributed by atoms with Crippen molar-refractivity contribution in [2.45, 2.75) is 76.3 Å². The molecule has 1 aromatic carbocycles. The fourth-order valence-corrected chi connectivity index (χ4v) is 6.10. The van der Waals surface area contributed by atoms with Crippen LogP contribution in [0.3, 0.4) is 0 Å². The third-order valence-corrected chi connectivity index (χ3v) is 7.96. The Labute approximate surface area is 197 Å². The molecule has 1 aromatic heterocycles. The van der Waals surface area contributed by atoms with Gasteiger partial charge in [0.1, 0.15) is 0 Å². The topological polar surface area (TPSA) is 59.4 Å². The number of aromatic nitrogens is 2. The highest BCUT2D eigenvalue weighted by atomic mass is 16.5. The van der Waals surface area contributed by atoms with E-state index >= 15 is 0 Å². The van der Waals surface area contributed by atoms with Gasteiger partial charge in [0.15, 0.2) is 5.69 Å². The predicted molar refractivity (Wildman–Crippen MR) is 130 cm³/mol. The number of morpholine rings is 1. The van der Waals surface area contributed by atoms with E-state index in [1.54, 1.807) is 0 Å².